The third-order valence-electron chi connectivity index (χ3n) is 5.24. The van der Waals surface area contributed by atoms with Gasteiger partial charge in [0, 0.05) is 39.1 Å². The SMILES string of the molecule is CCc1nncn1CCNC(=NC)NCC(C(C)C)N1CCCCCC1.I. The van der Waals surface area contributed by atoms with Gasteiger partial charge in [-0.1, -0.05) is 33.6 Å². The Balaban J connectivity index is 0.00000364. The predicted octanol–water partition coefficient (Wildman–Crippen LogP) is 2.52. The summed E-state index contributed by atoms with van der Waals surface area (Å²) in [5.74, 6) is 2.52. The lowest BCUT2D eigenvalue weighted by molar-refractivity contribution is 0.161. The second kappa shape index (κ2) is 13.3. The maximum atomic E-state index is 4.38. The Kier molecular flexibility index (Phi) is 11.9. The first-order valence-corrected chi connectivity index (χ1v) is 10.2. The number of aryl methyl sites for hydroxylation is 1. The van der Waals surface area contributed by atoms with Crippen LogP contribution in [0.5, 0.6) is 0 Å². The van der Waals surface area contributed by atoms with Gasteiger partial charge >= 0.3 is 0 Å². The maximum absolute atomic E-state index is 4.38. The van der Waals surface area contributed by atoms with E-state index in [1.807, 2.05) is 7.05 Å². The molecular weight excluding hydrogens is 453 g/mol. The highest BCUT2D eigenvalue weighted by Gasteiger charge is 2.22. The summed E-state index contributed by atoms with van der Waals surface area (Å²) in [5.41, 5.74) is 0. The average Bonchev–Trinajstić information content (AvgIpc) is 2.92. The number of guanidine groups is 1. The third kappa shape index (κ3) is 7.93. The van der Waals surface area contributed by atoms with Gasteiger partial charge in [-0.3, -0.25) is 9.89 Å². The van der Waals surface area contributed by atoms with E-state index < -0.39 is 0 Å². The predicted molar refractivity (Wildman–Crippen MR) is 123 cm³/mol. The van der Waals surface area contributed by atoms with Crippen LogP contribution in [0.3, 0.4) is 0 Å². The lowest BCUT2D eigenvalue weighted by Crippen LogP contribution is -2.50. The molecule has 2 rings (SSSR count). The zero-order valence-corrected chi connectivity index (χ0v) is 19.8. The number of nitrogens with zero attached hydrogens (tertiary/aromatic N) is 5. The van der Waals surface area contributed by atoms with Gasteiger partial charge in [-0.25, -0.2) is 0 Å². The van der Waals surface area contributed by atoms with Crippen molar-refractivity contribution in [3.63, 3.8) is 0 Å². The van der Waals surface area contributed by atoms with Crippen molar-refractivity contribution in [3.8, 4) is 0 Å². The van der Waals surface area contributed by atoms with Crippen molar-refractivity contribution >= 4 is 29.9 Å². The van der Waals surface area contributed by atoms with Crippen LogP contribution in [0, 0.1) is 5.92 Å². The normalized spacial score (nSPS) is 17.3. The molecule has 1 saturated heterocycles. The number of hydrogen-bond acceptors (Lipinski definition) is 4. The van der Waals surface area contributed by atoms with E-state index in [1.54, 1.807) is 6.33 Å². The second-order valence-corrected chi connectivity index (χ2v) is 7.44. The van der Waals surface area contributed by atoms with Crippen molar-refractivity contribution in [2.24, 2.45) is 10.9 Å². The highest BCUT2D eigenvalue weighted by Crippen LogP contribution is 2.17. The van der Waals surface area contributed by atoms with Crippen molar-refractivity contribution in [2.45, 2.75) is 65.5 Å². The molecule has 1 fully saturated rings. The molecule has 8 heteroatoms. The van der Waals surface area contributed by atoms with Crippen LogP contribution >= 0.6 is 24.0 Å². The molecule has 2 N–H and O–H groups in total. The standard InChI is InChI=1S/C19H37N7.HI/c1-5-18-24-23-15-26(18)13-10-21-19(20-4)22-14-17(16(2)3)25-11-8-6-7-9-12-25;/h15-17H,5-14H2,1-4H3,(H2,20,21,22);1H. The molecule has 1 aromatic heterocycles. The highest BCUT2D eigenvalue weighted by molar-refractivity contribution is 14.0. The Morgan fingerprint density at radius 3 is 2.48 bits per heavy atom. The Bertz CT molecular complexity index is 536. The van der Waals surface area contributed by atoms with E-state index in [0.717, 1.165) is 37.8 Å². The van der Waals surface area contributed by atoms with Crippen LogP contribution in [0.15, 0.2) is 11.3 Å². The minimum Gasteiger partial charge on any atom is -0.355 e. The van der Waals surface area contributed by atoms with Crippen LogP contribution in [-0.2, 0) is 13.0 Å². The van der Waals surface area contributed by atoms with E-state index in [1.165, 1.54) is 38.8 Å². The van der Waals surface area contributed by atoms with Crippen LogP contribution in [0.25, 0.3) is 0 Å². The molecule has 7 nitrogen and oxygen atoms in total. The summed E-state index contributed by atoms with van der Waals surface area (Å²) in [4.78, 5) is 7.05. The van der Waals surface area contributed by atoms with E-state index in [0.29, 0.717) is 12.0 Å². The number of hydrogen-bond donors (Lipinski definition) is 2. The fourth-order valence-electron chi connectivity index (χ4n) is 3.67. The van der Waals surface area contributed by atoms with Crippen LogP contribution in [0.2, 0.25) is 0 Å². The van der Waals surface area contributed by atoms with Gasteiger partial charge < -0.3 is 15.2 Å². The average molecular weight is 491 g/mol. The van der Waals surface area contributed by atoms with Gasteiger partial charge in [0.05, 0.1) is 0 Å². The smallest absolute Gasteiger partial charge is 0.191 e. The van der Waals surface area contributed by atoms with E-state index in [4.69, 9.17) is 0 Å². The minimum absolute atomic E-state index is 0. The minimum atomic E-state index is 0. The van der Waals surface area contributed by atoms with E-state index >= 15 is 0 Å². The molecule has 0 bridgehead atoms. The number of likely N-dealkylation sites (tertiary alicyclic amines) is 1. The molecular formula is C19H38IN7. The zero-order chi connectivity index (χ0) is 18.8. The molecule has 1 atom stereocenters. The molecule has 0 saturated carbocycles. The summed E-state index contributed by atoms with van der Waals surface area (Å²) >= 11 is 0. The number of aromatic nitrogens is 3. The number of halogens is 1. The molecule has 0 spiro atoms. The quantitative estimate of drug-likeness (QED) is 0.332. The molecule has 0 amide bonds. The van der Waals surface area contributed by atoms with Crippen molar-refractivity contribution < 1.29 is 0 Å². The van der Waals surface area contributed by atoms with Crippen LogP contribution < -0.4 is 10.6 Å². The number of rotatable bonds is 8. The van der Waals surface area contributed by atoms with E-state index in [9.17, 15) is 0 Å². The lowest BCUT2D eigenvalue weighted by Gasteiger charge is -2.34. The maximum Gasteiger partial charge on any atom is 0.191 e. The molecule has 1 aliphatic rings. The Labute approximate surface area is 181 Å². The fourth-order valence-corrected chi connectivity index (χ4v) is 3.67. The summed E-state index contributed by atoms with van der Waals surface area (Å²) in [6.45, 7) is 11.8. The first kappa shape index (κ1) is 24.1. The van der Waals surface area contributed by atoms with Gasteiger partial charge in [0.2, 0.25) is 0 Å². The van der Waals surface area contributed by atoms with Crippen LogP contribution in [0.1, 0.15) is 52.3 Å². The van der Waals surface area contributed by atoms with Crippen molar-refractivity contribution in [2.75, 3.05) is 33.2 Å². The monoisotopic (exact) mass is 491 g/mol. The summed E-state index contributed by atoms with van der Waals surface area (Å²) in [6.07, 6.45) is 8.11. The van der Waals surface area contributed by atoms with E-state index in [2.05, 4.69) is 56.1 Å². The molecule has 0 aromatic carbocycles. The summed E-state index contributed by atoms with van der Waals surface area (Å²) in [5, 5.41) is 15.1. The van der Waals surface area contributed by atoms with Gasteiger partial charge in [-0.05, 0) is 31.8 Å². The summed E-state index contributed by atoms with van der Waals surface area (Å²) < 4.78 is 2.09. The topological polar surface area (TPSA) is 70.4 Å². The Morgan fingerprint density at radius 2 is 1.89 bits per heavy atom. The molecule has 156 valence electrons. The Morgan fingerprint density at radius 1 is 1.19 bits per heavy atom. The van der Waals surface area contributed by atoms with Crippen LogP contribution in [0.4, 0.5) is 0 Å². The van der Waals surface area contributed by atoms with Crippen molar-refractivity contribution in [3.05, 3.63) is 12.2 Å². The summed E-state index contributed by atoms with van der Waals surface area (Å²) in [7, 11) is 1.84. The molecule has 1 unspecified atom stereocenters. The van der Waals surface area contributed by atoms with Crippen molar-refractivity contribution in [1.82, 2.24) is 30.3 Å². The fraction of sp³-hybridized carbons (Fsp3) is 0.842. The lowest BCUT2D eigenvalue weighted by atomic mass is 10.0. The van der Waals surface area contributed by atoms with Crippen LogP contribution in [-0.4, -0.2) is 64.9 Å². The second-order valence-electron chi connectivity index (χ2n) is 7.44. The van der Waals surface area contributed by atoms with Gasteiger partial charge in [-0.2, -0.15) is 0 Å². The van der Waals surface area contributed by atoms with Gasteiger partial charge in [0.25, 0.3) is 0 Å². The number of nitrogens with one attached hydrogen (secondary N) is 2. The summed E-state index contributed by atoms with van der Waals surface area (Å²) in [6, 6.07) is 0.552. The zero-order valence-electron chi connectivity index (χ0n) is 17.4. The van der Waals surface area contributed by atoms with Gasteiger partial charge in [0.1, 0.15) is 12.2 Å². The van der Waals surface area contributed by atoms with Gasteiger partial charge in [-0.15, -0.1) is 34.2 Å². The number of aliphatic imine (C=N–C) groups is 1. The molecule has 27 heavy (non-hydrogen) atoms. The molecule has 0 radical (unpaired) electrons. The molecule has 1 aromatic rings. The molecule has 2 heterocycles. The molecule has 1 aliphatic heterocycles. The third-order valence-corrected chi connectivity index (χ3v) is 5.24. The molecule has 0 aliphatic carbocycles. The van der Waals surface area contributed by atoms with Gasteiger partial charge in [0.15, 0.2) is 5.96 Å². The highest BCUT2D eigenvalue weighted by atomic mass is 127. The first-order chi connectivity index (χ1) is 12.7. The van der Waals surface area contributed by atoms with Crippen molar-refractivity contribution in [1.29, 1.82) is 0 Å². The van der Waals surface area contributed by atoms with E-state index in [-0.39, 0.29) is 24.0 Å². The largest absolute Gasteiger partial charge is 0.355 e. The Hall–Kier alpha value is -0.900. The first-order valence-electron chi connectivity index (χ1n) is 10.2.